The summed E-state index contributed by atoms with van der Waals surface area (Å²) in [5, 5.41) is 0.465. The van der Waals surface area contributed by atoms with E-state index >= 15 is 0 Å². The number of fused-ring (bicyclic) bond motifs is 2. The first-order valence-electron chi connectivity index (χ1n) is 9.17. The third kappa shape index (κ3) is 5.73. The summed E-state index contributed by atoms with van der Waals surface area (Å²) < 4.78 is 6.21. The molecule has 0 saturated carbocycles. The molecule has 0 amide bonds. The van der Waals surface area contributed by atoms with Crippen LogP contribution in [0.15, 0.2) is 48.5 Å². The van der Waals surface area contributed by atoms with Crippen LogP contribution in [0, 0.1) is 0 Å². The SMILES string of the molecule is Br.Br.CN1CCN(CCSC2Cc3ccccc3Oc3ccccc32)CC1. The van der Waals surface area contributed by atoms with Crippen molar-refractivity contribution >= 4 is 45.7 Å². The van der Waals surface area contributed by atoms with Crippen molar-refractivity contribution in [3.63, 3.8) is 0 Å². The summed E-state index contributed by atoms with van der Waals surface area (Å²) in [4.78, 5) is 5.01. The standard InChI is InChI=1S/C21H26N2OS.2BrH/c1-22-10-12-23(13-11-22)14-15-25-21-16-17-6-2-4-8-19(17)24-20-9-5-3-7-18(20)21;;/h2-9,21H,10-16H2,1H3;2*1H. The first-order valence-corrected chi connectivity index (χ1v) is 10.2. The number of ether oxygens (including phenoxy) is 1. The Morgan fingerprint density at radius 1 is 0.926 bits per heavy atom. The van der Waals surface area contributed by atoms with E-state index in [0.29, 0.717) is 5.25 Å². The number of likely N-dealkylation sites (N-methyl/N-ethyl adjacent to an activating group) is 1. The Labute approximate surface area is 188 Å². The number of nitrogens with zero attached hydrogens (tertiary/aromatic N) is 2. The second-order valence-corrected chi connectivity index (χ2v) is 8.27. The molecule has 1 saturated heterocycles. The summed E-state index contributed by atoms with van der Waals surface area (Å²) in [7, 11) is 2.21. The van der Waals surface area contributed by atoms with E-state index in [9.17, 15) is 0 Å². The van der Waals surface area contributed by atoms with Crippen LogP contribution in [0.5, 0.6) is 11.5 Å². The lowest BCUT2D eigenvalue weighted by molar-refractivity contribution is 0.161. The molecule has 2 heterocycles. The van der Waals surface area contributed by atoms with Gasteiger partial charge in [0.25, 0.3) is 0 Å². The first kappa shape index (κ1) is 22.8. The van der Waals surface area contributed by atoms with E-state index in [1.165, 1.54) is 49.6 Å². The summed E-state index contributed by atoms with van der Waals surface area (Å²) in [6, 6.07) is 17.0. The average Bonchev–Trinajstić information content (AvgIpc) is 2.80. The number of benzene rings is 2. The number of thioether (sulfide) groups is 1. The highest BCUT2D eigenvalue weighted by Gasteiger charge is 2.23. The molecule has 0 spiro atoms. The fourth-order valence-electron chi connectivity index (χ4n) is 3.58. The molecule has 1 unspecified atom stereocenters. The van der Waals surface area contributed by atoms with Crippen molar-refractivity contribution in [2.75, 3.05) is 45.5 Å². The van der Waals surface area contributed by atoms with E-state index in [1.54, 1.807) is 0 Å². The van der Waals surface area contributed by atoms with E-state index in [-0.39, 0.29) is 34.0 Å². The van der Waals surface area contributed by atoms with Crippen LogP contribution in [-0.2, 0) is 6.42 Å². The van der Waals surface area contributed by atoms with Crippen LogP contribution in [0.25, 0.3) is 0 Å². The van der Waals surface area contributed by atoms with E-state index < -0.39 is 0 Å². The van der Waals surface area contributed by atoms with Gasteiger partial charge in [-0.3, -0.25) is 4.90 Å². The van der Waals surface area contributed by atoms with Crippen LogP contribution in [0.1, 0.15) is 16.4 Å². The summed E-state index contributed by atoms with van der Waals surface area (Å²) in [6.45, 7) is 5.96. The quantitative estimate of drug-likeness (QED) is 0.555. The lowest BCUT2D eigenvalue weighted by atomic mass is 10.0. The maximum Gasteiger partial charge on any atom is 0.131 e. The molecule has 0 radical (unpaired) electrons. The van der Waals surface area contributed by atoms with Crippen molar-refractivity contribution < 1.29 is 4.74 Å². The van der Waals surface area contributed by atoms with Gasteiger partial charge in [-0.1, -0.05) is 36.4 Å². The van der Waals surface area contributed by atoms with E-state index in [1.807, 2.05) is 0 Å². The van der Waals surface area contributed by atoms with Gasteiger partial charge in [0, 0.05) is 49.3 Å². The third-order valence-electron chi connectivity index (χ3n) is 5.19. The summed E-state index contributed by atoms with van der Waals surface area (Å²) in [5.74, 6) is 3.20. The van der Waals surface area contributed by atoms with Gasteiger partial charge in [-0.05, 0) is 31.2 Å². The van der Waals surface area contributed by atoms with E-state index in [4.69, 9.17) is 4.74 Å². The monoisotopic (exact) mass is 514 g/mol. The summed E-state index contributed by atoms with van der Waals surface area (Å²) >= 11 is 2.08. The molecule has 6 heteroatoms. The van der Waals surface area contributed by atoms with Gasteiger partial charge >= 0.3 is 0 Å². The lowest BCUT2D eigenvalue weighted by Gasteiger charge is -2.32. The maximum absolute atomic E-state index is 6.21. The molecular weight excluding hydrogens is 488 g/mol. The molecule has 0 aliphatic carbocycles. The molecule has 0 N–H and O–H groups in total. The largest absolute Gasteiger partial charge is 0.457 e. The van der Waals surface area contributed by atoms with Gasteiger partial charge in [-0.25, -0.2) is 0 Å². The first-order chi connectivity index (χ1) is 12.3. The zero-order chi connectivity index (χ0) is 17.1. The fraction of sp³-hybridized carbons (Fsp3) is 0.429. The minimum absolute atomic E-state index is 0. The number of para-hydroxylation sites is 2. The van der Waals surface area contributed by atoms with Crippen LogP contribution in [0.2, 0.25) is 0 Å². The molecule has 1 fully saturated rings. The van der Waals surface area contributed by atoms with Crippen LogP contribution >= 0.6 is 45.7 Å². The van der Waals surface area contributed by atoms with Gasteiger partial charge in [0.2, 0.25) is 0 Å². The minimum atomic E-state index is 0. The highest BCUT2D eigenvalue weighted by molar-refractivity contribution is 8.93. The highest BCUT2D eigenvalue weighted by atomic mass is 79.9. The number of hydrogen-bond donors (Lipinski definition) is 0. The zero-order valence-corrected chi connectivity index (χ0v) is 19.9. The zero-order valence-electron chi connectivity index (χ0n) is 15.7. The number of rotatable bonds is 4. The van der Waals surface area contributed by atoms with Crippen LogP contribution in [0.3, 0.4) is 0 Å². The van der Waals surface area contributed by atoms with E-state index in [2.05, 4.69) is 77.1 Å². The van der Waals surface area contributed by atoms with Crippen LogP contribution in [0.4, 0.5) is 0 Å². The van der Waals surface area contributed by atoms with Crippen molar-refractivity contribution in [1.29, 1.82) is 0 Å². The molecule has 0 bridgehead atoms. The molecule has 2 aliphatic rings. The molecule has 1 atom stereocenters. The smallest absolute Gasteiger partial charge is 0.131 e. The Morgan fingerprint density at radius 3 is 2.37 bits per heavy atom. The number of halogens is 2. The van der Waals surface area contributed by atoms with Crippen molar-refractivity contribution in [3.05, 3.63) is 59.7 Å². The van der Waals surface area contributed by atoms with Crippen molar-refractivity contribution in [3.8, 4) is 11.5 Å². The Morgan fingerprint density at radius 2 is 1.59 bits per heavy atom. The van der Waals surface area contributed by atoms with E-state index in [0.717, 1.165) is 17.9 Å². The van der Waals surface area contributed by atoms with Crippen LogP contribution < -0.4 is 4.74 Å². The Bertz CT molecular complexity index is 723. The van der Waals surface area contributed by atoms with Crippen molar-refractivity contribution in [2.24, 2.45) is 0 Å². The minimum Gasteiger partial charge on any atom is -0.457 e. The molecular formula is C21H28Br2N2OS. The van der Waals surface area contributed by atoms with Gasteiger partial charge in [0.05, 0.1) is 0 Å². The Hall–Kier alpha value is -0.530. The van der Waals surface area contributed by atoms with Gasteiger partial charge in [0.15, 0.2) is 0 Å². The van der Waals surface area contributed by atoms with Gasteiger partial charge in [-0.15, -0.1) is 34.0 Å². The summed E-state index contributed by atoms with van der Waals surface area (Å²) in [5.41, 5.74) is 2.65. The van der Waals surface area contributed by atoms with Gasteiger partial charge in [0.1, 0.15) is 11.5 Å². The second kappa shape index (κ2) is 10.9. The topological polar surface area (TPSA) is 15.7 Å². The molecule has 2 aliphatic heterocycles. The molecule has 0 aromatic heterocycles. The number of piperazine rings is 1. The Balaban J connectivity index is 0.00000131. The normalized spacial score (nSPS) is 19.5. The number of hydrogen-bond acceptors (Lipinski definition) is 4. The highest BCUT2D eigenvalue weighted by Crippen LogP contribution is 2.44. The molecule has 2 aromatic rings. The second-order valence-electron chi connectivity index (χ2n) is 6.96. The Kier molecular flexibility index (Phi) is 9.16. The predicted octanol–water partition coefficient (Wildman–Crippen LogP) is 5.21. The molecule has 2 aromatic carbocycles. The van der Waals surface area contributed by atoms with Crippen molar-refractivity contribution in [1.82, 2.24) is 9.80 Å². The molecule has 27 heavy (non-hydrogen) atoms. The molecule has 3 nitrogen and oxygen atoms in total. The van der Waals surface area contributed by atoms with Gasteiger partial charge < -0.3 is 9.64 Å². The predicted molar refractivity (Wildman–Crippen MR) is 126 cm³/mol. The lowest BCUT2D eigenvalue weighted by Crippen LogP contribution is -2.45. The van der Waals surface area contributed by atoms with Crippen LogP contribution in [-0.4, -0.2) is 55.3 Å². The maximum atomic E-state index is 6.21. The van der Waals surface area contributed by atoms with Gasteiger partial charge in [-0.2, -0.15) is 11.8 Å². The fourth-order valence-corrected chi connectivity index (χ4v) is 4.90. The van der Waals surface area contributed by atoms with Crippen molar-refractivity contribution in [2.45, 2.75) is 11.7 Å². The molecule has 4 rings (SSSR count). The third-order valence-corrected chi connectivity index (χ3v) is 6.43. The molecule has 148 valence electrons. The summed E-state index contributed by atoms with van der Waals surface area (Å²) in [6.07, 6.45) is 1.04. The average molecular weight is 516 g/mol.